The molecular weight excluding hydrogens is 912 g/mol. The maximum absolute atomic E-state index is 14.5. The molecule has 4 heterocycles. The lowest BCUT2D eigenvalue weighted by molar-refractivity contribution is -0.141. The highest BCUT2D eigenvalue weighted by Gasteiger charge is 2.36. The monoisotopic (exact) mass is 963 g/mol. The highest BCUT2D eigenvalue weighted by atomic mass is 79.9. The number of nitrogens with zero attached hydrogens (tertiary/aromatic N) is 5. The van der Waals surface area contributed by atoms with Gasteiger partial charge < -0.3 is 39.4 Å². The third-order valence-electron chi connectivity index (χ3n) is 9.45. The van der Waals surface area contributed by atoms with Crippen molar-refractivity contribution < 1.29 is 64.5 Å². The van der Waals surface area contributed by atoms with Crippen LogP contribution in [0.15, 0.2) is 29.3 Å². The second-order valence-electron chi connectivity index (χ2n) is 16.6. The van der Waals surface area contributed by atoms with Gasteiger partial charge in [-0.2, -0.15) is 0 Å². The first-order valence-electron chi connectivity index (χ1n) is 19.8. The van der Waals surface area contributed by atoms with Crippen LogP contribution in [0.4, 0.5) is 47.6 Å². The Morgan fingerprint density at radius 1 is 0.746 bits per heavy atom. The number of fused-ring (bicyclic) bond motifs is 2. The molecule has 0 aliphatic carbocycles. The van der Waals surface area contributed by atoms with Gasteiger partial charge in [0.1, 0.15) is 41.3 Å². The van der Waals surface area contributed by atoms with Crippen molar-refractivity contribution >= 4 is 68.6 Å². The highest BCUT2D eigenvalue weighted by Crippen LogP contribution is 2.32. The van der Waals surface area contributed by atoms with E-state index in [2.05, 4.69) is 41.3 Å². The number of aromatic nitrogens is 2. The van der Waals surface area contributed by atoms with Crippen molar-refractivity contribution in [2.75, 3.05) is 50.6 Å². The maximum atomic E-state index is 14.5. The number of methoxy groups -OCH3 is 2. The van der Waals surface area contributed by atoms with Gasteiger partial charge in [0.05, 0.1) is 43.0 Å². The summed E-state index contributed by atoms with van der Waals surface area (Å²) in [6, 6.07) is 2.44. The zero-order valence-corrected chi connectivity index (χ0v) is 37.7. The Morgan fingerprint density at radius 2 is 1.24 bits per heavy atom. The number of carbonyl (C=O) groups excluding carboxylic acids is 4. The number of imidazole rings is 1. The number of nitrogens with one attached hydrogen (secondary N) is 2. The minimum Gasteiger partial charge on any atom is -0.468 e. The molecule has 6 rings (SSSR count). The number of amidine groups is 1. The number of hydrogen-bond acceptors (Lipinski definition) is 12. The zero-order valence-electron chi connectivity index (χ0n) is 36.1. The molecule has 0 unspecified atom stereocenters. The number of esters is 2. The SMILES string of the molecule is CC(C)(C)OC(=O)N[C@@H]1CN(C2=Nc3cc(F)c(F)cc3C2)CC[C@H]1F.COC(=O)CBr.COC(=O)Cn1c(N2CC[C@@H](F)[C@H](NC(=O)OC(C)(C)C)C2)nc2cc(F)c(F)cc21. The largest absolute Gasteiger partial charge is 0.468 e. The van der Waals surface area contributed by atoms with E-state index in [1.807, 2.05) is 4.90 Å². The number of likely N-dealkylation sites (tertiary alicyclic amines) is 1. The molecule has 0 radical (unpaired) electrons. The average molecular weight is 965 g/mol. The number of alkyl halides is 3. The molecule has 0 saturated carbocycles. The van der Waals surface area contributed by atoms with Crippen molar-refractivity contribution in [2.24, 2.45) is 4.99 Å². The van der Waals surface area contributed by atoms with Crippen molar-refractivity contribution in [3.05, 3.63) is 53.1 Å². The van der Waals surface area contributed by atoms with Crippen LogP contribution in [0.1, 0.15) is 59.9 Å². The number of hydrogen-bond donors (Lipinski definition) is 2. The summed E-state index contributed by atoms with van der Waals surface area (Å²) in [5, 5.41) is 5.37. The minimum absolute atomic E-state index is 0.0237. The van der Waals surface area contributed by atoms with Crippen LogP contribution < -0.4 is 15.5 Å². The van der Waals surface area contributed by atoms with E-state index in [9.17, 15) is 45.5 Å². The number of rotatable bonds is 6. The highest BCUT2D eigenvalue weighted by molar-refractivity contribution is 9.09. The van der Waals surface area contributed by atoms with Crippen molar-refractivity contribution in [2.45, 2.75) is 103 Å². The molecule has 3 aliphatic heterocycles. The van der Waals surface area contributed by atoms with Gasteiger partial charge in [0.2, 0.25) is 5.95 Å². The van der Waals surface area contributed by atoms with E-state index in [0.717, 1.165) is 24.3 Å². The summed E-state index contributed by atoms with van der Waals surface area (Å²) in [6.07, 6.45) is -3.30. The van der Waals surface area contributed by atoms with Crippen molar-refractivity contribution in [1.29, 1.82) is 0 Å². The molecule has 22 heteroatoms. The predicted octanol–water partition coefficient (Wildman–Crippen LogP) is 6.97. The third-order valence-corrected chi connectivity index (χ3v) is 9.91. The molecule has 348 valence electrons. The summed E-state index contributed by atoms with van der Waals surface area (Å²) in [4.78, 5) is 58.0. The van der Waals surface area contributed by atoms with Gasteiger partial charge in [0.25, 0.3) is 0 Å². The molecule has 2 N–H and O–H groups in total. The number of anilines is 1. The fourth-order valence-electron chi connectivity index (χ4n) is 6.56. The lowest BCUT2D eigenvalue weighted by atomic mass is 10.0. The van der Waals surface area contributed by atoms with Gasteiger partial charge in [0, 0.05) is 50.8 Å². The molecule has 2 aromatic carbocycles. The van der Waals surface area contributed by atoms with E-state index in [4.69, 9.17) is 14.2 Å². The van der Waals surface area contributed by atoms with E-state index in [1.165, 1.54) is 18.8 Å². The predicted molar refractivity (Wildman–Crippen MR) is 224 cm³/mol. The van der Waals surface area contributed by atoms with E-state index in [0.29, 0.717) is 30.1 Å². The third kappa shape index (κ3) is 14.4. The molecule has 3 aromatic rings. The van der Waals surface area contributed by atoms with Gasteiger partial charge in [-0.15, -0.1) is 0 Å². The molecule has 4 atom stereocenters. The van der Waals surface area contributed by atoms with Crippen molar-refractivity contribution in [3.63, 3.8) is 0 Å². The lowest BCUT2D eigenvalue weighted by Gasteiger charge is -2.36. The standard InChI is InChI=1S/C20H25F3N4O4.C18H22F3N3O2.C3H5BrO2/c1-20(2,3)31-19(29)25-15-9-26(6-5-11(15)21)18-24-14-7-12(22)13(23)8-16(14)27(18)10-17(28)30-4;1-18(2,3)26-17(25)23-15-9-24(5-4-11(15)19)16-7-10-6-12(20)13(21)8-14(10)22-16;1-6-3(5)2-4/h7-8,11,15H,5-6,9-10H2,1-4H3,(H,25,29);6,8,11,15H,4-5,7,9H2,1-3H3,(H,23,25);2H2,1H3/t2*11-,15-;/m11./s1. The van der Waals surface area contributed by atoms with Crippen LogP contribution in [0.3, 0.4) is 0 Å². The Morgan fingerprint density at radius 3 is 1.75 bits per heavy atom. The average Bonchev–Trinajstić information content (AvgIpc) is 3.75. The van der Waals surface area contributed by atoms with Crippen LogP contribution in [-0.4, -0.2) is 126 Å². The number of carbonyl (C=O) groups is 4. The van der Waals surface area contributed by atoms with Crippen LogP contribution in [0.2, 0.25) is 0 Å². The summed E-state index contributed by atoms with van der Waals surface area (Å²) in [5.41, 5.74) is -0.103. The smallest absolute Gasteiger partial charge is 0.408 e. The quantitative estimate of drug-likeness (QED) is 0.113. The van der Waals surface area contributed by atoms with E-state index in [1.54, 1.807) is 46.4 Å². The molecule has 2 fully saturated rings. The maximum Gasteiger partial charge on any atom is 0.408 e. The van der Waals surface area contributed by atoms with Crippen LogP contribution >= 0.6 is 15.9 Å². The first kappa shape index (κ1) is 50.4. The summed E-state index contributed by atoms with van der Waals surface area (Å²) in [5.74, 6) is -4.04. The van der Waals surface area contributed by atoms with Gasteiger partial charge in [0.15, 0.2) is 23.3 Å². The summed E-state index contributed by atoms with van der Waals surface area (Å²) < 4.78 is 104. The summed E-state index contributed by atoms with van der Waals surface area (Å²) >= 11 is 2.90. The Hall–Kier alpha value is -5.28. The van der Waals surface area contributed by atoms with E-state index in [-0.39, 0.29) is 67.3 Å². The molecule has 0 spiro atoms. The van der Waals surface area contributed by atoms with Crippen molar-refractivity contribution in [1.82, 2.24) is 25.1 Å². The van der Waals surface area contributed by atoms with Crippen LogP contribution in [0.5, 0.6) is 0 Å². The number of alkyl carbamates (subject to hydrolysis) is 2. The number of halogens is 7. The summed E-state index contributed by atoms with van der Waals surface area (Å²) in [7, 11) is 2.56. The Labute approximate surface area is 368 Å². The second kappa shape index (κ2) is 21.4. The van der Waals surface area contributed by atoms with E-state index < -0.39 is 77.1 Å². The zero-order chi connectivity index (χ0) is 47.0. The summed E-state index contributed by atoms with van der Waals surface area (Å²) in [6.45, 7) is 10.9. The number of piperidine rings is 2. The van der Waals surface area contributed by atoms with Gasteiger partial charge in [-0.1, -0.05) is 15.9 Å². The van der Waals surface area contributed by atoms with Gasteiger partial charge >= 0.3 is 24.1 Å². The molecule has 2 saturated heterocycles. The van der Waals surface area contributed by atoms with E-state index >= 15 is 0 Å². The number of aliphatic imine (C=N–C) groups is 1. The topological polar surface area (TPSA) is 166 Å². The van der Waals surface area contributed by atoms with Gasteiger partial charge in [-0.25, -0.2) is 45.9 Å². The van der Waals surface area contributed by atoms with Crippen molar-refractivity contribution in [3.8, 4) is 0 Å². The molecule has 15 nitrogen and oxygen atoms in total. The Balaban J connectivity index is 0.000000248. The number of benzene rings is 2. The fraction of sp³-hybridized carbons (Fsp3) is 0.561. The van der Waals surface area contributed by atoms with Gasteiger partial charge in [-0.05, 0) is 66.0 Å². The first-order chi connectivity index (χ1) is 29.4. The fourth-order valence-corrected chi connectivity index (χ4v) is 6.79. The molecule has 1 aromatic heterocycles. The number of ether oxygens (including phenoxy) is 4. The molecule has 3 aliphatic rings. The van der Waals surface area contributed by atoms with Crippen LogP contribution in [-0.2, 0) is 41.5 Å². The second-order valence-corrected chi connectivity index (χ2v) is 17.2. The number of amides is 2. The Bertz CT molecular complexity index is 2160. The minimum atomic E-state index is -1.32. The Kier molecular flexibility index (Phi) is 17.1. The lowest BCUT2D eigenvalue weighted by Crippen LogP contribution is -2.55. The molecule has 2 amide bonds. The molecular formula is C41H52BrF6N7O8. The first-order valence-corrected chi connectivity index (χ1v) is 20.9. The molecule has 0 bridgehead atoms. The van der Waals surface area contributed by atoms with Crippen LogP contribution in [0.25, 0.3) is 11.0 Å². The molecule has 63 heavy (non-hydrogen) atoms. The normalized spacial score (nSPS) is 19.6. The van der Waals surface area contributed by atoms with Gasteiger partial charge in [-0.3, -0.25) is 14.2 Å². The van der Waals surface area contributed by atoms with Crippen LogP contribution in [0, 0.1) is 23.3 Å².